The molecular weight excluding hydrogens is 278 g/mol. The van der Waals surface area contributed by atoms with Gasteiger partial charge in [0.1, 0.15) is 5.41 Å². The van der Waals surface area contributed by atoms with Crippen LogP contribution in [0.15, 0.2) is 24.3 Å². The summed E-state index contributed by atoms with van der Waals surface area (Å²) in [5, 5.41) is 12.5. The van der Waals surface area contributed by atoms with Crippen molar-refractivity contribution in [2.45, 2.75) is 32.1 Å². The Morgan fingerprint density at radius 3 is 2.45 bits per heavy atom. The van der Waals surface area contributed by atoms with Crippen LogP contribution in [0.2, 0.25) is 5.02 Å². The molecule has 1 fully saturated rings. The molecule has 0 radical (unpaired) electrons. The van der Waals surface area contributed by atoms with E-state index in [0.29, 0.717) is 24.4 Å². The van der Waals surface area contributed by atoms with E-state index in [2.05, 4.69) is 5.32 Å². The van der Waals surface area contributed by atoms with Gasteiger partial charge in [-0.1, -0.05) is 43.6 Å². The van der Waals surface area contributed by atoms with Crippen LogP contribution in [0.4, 0.5) is 0 Å². The molecule has 0 heterocycles. The molecule has 2 N–H and O–H groups in total. The van der Waals surface area contributed by atoms with Gasteiger partial charge in [-0.05, 0) is 24.5 Å². The summed E-state index contributed by atoms with van der Waals surface area (Å²) >= 11 is 6.17. The number of hydrogen-bond donors (Lipinski definition) is 2. The summed E-state index contributed by atoms with van der Waals surface area (Å²) in [7, 11) is 0. The molecule has 0 unspecified atom stereocenters. The Bertz CT molecular complexity index is 550. The van der Waals surface area contributed by atoms with Crippen LogP contribution in [-0.4, -0.2) is 23.5 Å². The van der Waals surface area contributed by atoms with Crippen molar-refractivity contribution in [2.75, 3.05) is 6.54 Å². The molecule has 20 heavy (non-hydrogen) atoms. The van der Waals surface area contributed by atoms with Gasteiger partial charge in [0.05, 0.1) is 0 Å². The van der Waals surface area contributed by atoms with Crippen LogP contribution in [0.1, 0.15) is 32.3 Å². The van der Waals surface area contributed by atoms with E-state index >= 15 is 0 Å². The van der Waals surface area contributed by atoms with Gasteiger partial charge in [0.25, 0.3) is 0 Å². The fraction of sp³-hybridized carbons (Fsp3) is 0.467. The maximum absolute atomic E-state index is 12.0. The van der Waals surface area contributed by atoms with Crippen molar-refractivity contribution in [2.24, 2.45) is 5.41 Å². The normalized spacial score (nSPS) is 16.6. The Morgan fingerprint density at radius 2 is 1.95 bits per heavy atom. The number of rotatable bonds is 5. The van der Waals surface area contributed by atoms with Crippen LogP contribution in [0.3, 0.4) is 0 Å². The molecule has 108 valence electrons. The van der Waals surface area contributed by atoms with Gasteiger partial charge in [0, 0.05) is 17.0 Å². The van der Waals surface area contributed by atoms with Crippen LogP contribution >= 0.6 is 11.6 Å². The van der Waals surface area contributed by atoms with Gasteiger partial charge in [-0.3, -0.25) is 9.59 Å². The van der Waals surface area contributed by atoms with Gasteiger partial charge in [-0.25, -0.2) is 0 Å². The Labute approximate surface area is 123 Å². The summed E-state index contributed by atoms with van der Waals surface area (Å²) in [5.41, 5.74) is -0.624. The Kier molecular flexibility index (Phi) is 3.78. The summed E-state index contributed by atoms with van der Waals surface area (Å²) in [6, 6.07) is 7.47. The number of carboxylic acid groups (broad SMARTS) is 1. The van der Waals surface area contributed by atoms with Gasteiger partial charge in [0.15, 0.2) is 0 Å². The second-order valence-corrected chi connectivity index (χ2v) is 6.34. The maximum atomic E-state index is 12.0. The summed E-state index contributed by atoms with van der Waals surface area (Å²) < 4.78 is 0. The average molecular weight is 296 g/mol. The smallest absolute Gasteiger partial charge is 0.319 e. The Balaban J connectivity index is 2.05. The first-order valence-corrected chi connectivity index (χ1v) is 6.94. The predicted octanol–water partition coefficient (Wildman–Crippen LogP) is 2.60. The highest BCUT2D eigenvalue weighted by Gasteiger charge is 2.57. The molecule has 0 atom stereocenters. The topological polar surface area (TPSA) is 66.4 Å². The molecule has 1 saturated carbocycles. The second-order valence-electron chi connectivity index (χ2n) is 5.93. The highest BCUT2D eigenvalue weighted by molar-refractivity contribution is 6.31. The van der Waals surface area contributed by atoms with Crippen molar-refractivity contribution in [3.63, 3.8) is 0 Å². The molecular formula is C15H18ClNO3. The van der Waals surface area contributed by atoms with Gasteiger partial charge in [-0.15, -0.1) is 0 Å². The molecule has 1 aromatic rings. The highest BCUT2D eigenvalue weighted by Crippen LogP contribution is 2.46. The molecule has 1 aromatic carbocycles. The van der Waals surface area contributed by atoms with E-state index < -0.39 is 17.3 Å². The third-order valence-corrected chi connectivity index (χ3v) is 4.22. The van der Waals surface area contributed by atoms with Crippen LogP contribution in [0.5, 0.6) is 0 Å². The van der Waals surface area contributed by atoms with Crippen molar-refractivity contribution < 1.29 is 14.7 Å². The molecule has 4 nitrogen and oxygen atoms in total. The van der Waals surface area contributed by atoms with E-state index in [1.165, 1.54) is 0 Å². The second kappa shape index (κ2) is 5.09. The monoisotopic (exact) mass is 295 g/mol. The lowest BCUT2D eigenvalue weighted by Crippen LogP contribution is -2.43. The molecule has 0 aliphatic heterocycles. The zero-order valence-electron chi connectivity index (χ0n) is 11.6. The minimum atomic E-state index is -1.20. The number of nitrogens with one attached hydrogen (secondary N) is 1. The van der Waals surface area contributed by atoms with Crippen molar-refractivity contribution in [3.05, 3.63) is 34.9 Å². The van der Waals surface area contributed by atoms with Crippen molar-refractivity contribution in [1.29, 1.82) is 0 Å². The number of aliphatic carboxylic acids is 1. The number of amides is 1. The molecule has 0 spiro atoms. The fourth-order valence-electron chi connectivity index (χ4n) is 2.24. The minimum absolute atomic E-state index is 0.352. The summed E-state index contributed by atoms with van der Waals surface area (Å²) in [4.78, 5) is 23.1. The Morgan fingerprint density at radius 1 is 1.35 bits per heavy atom. The lowest BCUT2D eigenvalue weighted by atomic mass is 9.84. The van der Waals surface area contributed by atoms with E-state index in [0.717, 1.165) is 5.56 Å². The molecule has 0 bridgehead atoms. The molecule has 2 rings (SSSR count). The molecule has 1 aliphatic rings. The van der Waals surface area contributed by atoms with Gasteiger partial charge in [0.2, 0.25) is 5.91 Å². The molecule has 5 heteroatoms. The maximum Gasteiger partial charge on any atom is 0.319 e. The number of carbonyl (C=O) groups is 2. The SMILES string of the molecule is CC(C)(CNC(=O)C1(C(=O)O)CC1)c1ccccc1Cl. The zero-order chi connectivity index (χ0) is 15.0. The quantitative estimate of drug-likeness (QED) is 0.821. The highest BCUT2D eigenvalue weighted by atomic mass is 35.5. The van der Waals surface area contributed by atoms with Crippen LogP contribution in [0.25, 0.3) is 0 Å². The fourth-order valence-corrected chi connectivity index (χ4v) is 2.63. The molecule has 1 amide bonds. The summed E-state index contributed by atoms with van der Waals surface area (Å²) in [6.07, 6.45) is 0.835. The first-order chi connectivity index (χ1) is 9.29. The predicted molar refractivity (Wildman–Crippen MR) is 76.8 cm³/mol. The van der Waals surface area contributed by atoms with E-state index in [-0.39, 0.29) is 5.41 Å². The van der Waals surface area contributed by atoms with Crippen LogP contribution in [0, 0.1) is 5.41 Å². The van der Waals surface area contributed by atoms with Gasteiger partial charge < -0.3 is 10.4 Å². The van der Waals surface area contributed by atoms with Gasteiger partial charge >= 0.3 is 5.97 Å². The molecule has 0 saturated heterocycles. The van der Waals surface area contributed by atoms with E-state index in [4.69, 9.17) is 16.7 Å². The van der Waals surface area contributed by atoms with Gasteiger partial charge in [-0.2, -0.15) is 0 Å². The first kappa shape index (κ1) is 14.9. The number of carbonyl (C=O) groups excluding carboxylic acids is 1. The van der Waals surface area contributed by atoms with E-state index in [1.807, 2.05) is 32.0 Å². The van der Waals surface area contributed by atoms with Crippen molar-refractivity contribution in [3.8, 4) is 0 Å². The minimum Gasteiger partial charge on any atom is -0.480 e. The lowest BCUT2D eigenvalue weighted by Gasteiger charge is -2.27. The standard InChI is InChI=1S/C15H18ClNO3/c1-14(2,10-5-3-4-6-11(10)16)9-17-12(18)15(7-8-15)13(19)20/h3-6H,7-9H2,1-2H3,(H,17,18)(H,19,20). The lowest BCUT2D eigenvalue weighted by molar-refractivity contribution is -0.149. The third kappa shape index (κ3) is 2.66. The zero-order valence-corrected chi connectivity index (χ0v) is 12.3. The van der Waals surface area contributed by atoms with Crippen LogP contribution in [-0.2, 0) is 15.0 Å². The molecule has 0 aromatic heterocycles. The number of carboxylic acids is 1. The third-order valence-electron chi connectivity index (χ3n) is 3.89. The Hall–Kier alpha value is -1.55. The van der Waals surface area contributed by atoms with Crippen LogP contribution < -0.4 is 5.32 Å². The van der Waals surface area contributed by atoms with Crippen molar-refractivity contribution >= 4 is 23.5 Å². The number of hydrogen-bond acceptors (Lipinski definition) is 2. The first-order valence-electron chi connectivity index (χ1n) is 6.56. The van der Waals surface area contributed by atoms with E-state index in [9.17, 15) is 9.59 Å². The number of benzene rings is 1. The molecule has 1 aliphatic carbocycles. The average Bonchev–Trinajstić information content (AvgIpc) is 3.18. The van der Waals surface area contributed by atoms with Crippen molar-refractivity contribution in [1.82, 2.24) is 5.32 Å². The summed E-state index contributed by atoms with van der Waals surface area (Å²) in [5.74, 6) is -1.43. The van der Waals surface area contributed by atoms with E-state index in [1.54, 1.807) is 6.07 Å². The number of halogens is 1. The largest absolute Gasteiger partial charge is 0.480 e. The summed E-state index contributed by atoms with van der Waals surface area (Å²) in [6.45, 7) is 4.29.